The van der Waals surface area contributed by atoms with Gasteiger partial charge in [0.15, 0.2) is 6.61 Å². The van der Waals surface area contributed by atoms with Crippen LogP contribution in [0.1, 0.15) is 15.9 Å². The van der Waals surface area contributed by atoms with Gasteiger partial charge in [-0.25, -0.2) is 0 Å². The number of nitrogens with zero attached hydrogens (tertiary/aromatic N) is 1. The molecule has 2 amide bonds. The van der Waals surface area contributed by atoms with E-state index < -0.39 is 0 Å². The molecular formula is C23H22ClN3O4. The van der Waals surface area contributed by atoms with Gasteiger partial charge in [0.1, 0.15) is 18.1 Å². The number of hydrogen-bond donors (Lipinski definition) is 2. The topological polar surface area (TPSA) is 89.5 Å². The Morgan fingerprint density at radius 1 is 1.00 bits per heavy atom. The lowest BCUT2D eigenvalue weighted by Gasteiger charge is -2.13. The highest BCUT2D eigenvalue weighted by atomic mass is 35.5. The van der Waals surface area contributed by atoms with Crippen molar-refractivity contribution in [1.29, 1.82) is 0 Å². The maximum atomic E-state index is 12.7. The molecule has 7 nitrogen and oxygen atoms in total. The van der Waals surface area contributed by atoms with E-state index in [0.717, 1.165) is 5.56 Å². The number of benzene rings is 2. The molecule has 0 saturated carbocycles. The molecular weight excluding hydrogens is 418 g/mol. The zero-order valence-electron chi connectivity index (χ0n) is 16.9. The Kier molecular flexibility index (Phi) is 7.84. The summed E-state index contributed by atoms with van der Waals surface area (Å²) in [5.41, 5.74) is 1.86. The molecule has 0 aliphatic rings. The van der Waals surface area contributed by atoms with E-state index in [1.165, 1.54) is 0 Å². The molecule has 3 aromatic rings. The van der Waals surface area contributed by atoms with E-state index >= 15 is 0 Å². The van der Waals surface area contributed by atoms with Gasteiger partial charge in [-0.2, -0.15) is 0 Å². The number of rotatable bonds is 9. The van der Waals surface area contributed by atoms with Crippen LogP contribution < -0.4 is 20.1 Å². The van der Waals surface area contributed by atoms with Crippen molar-refractivity contribution in [3.05, 3.63) is 83.1 Å². The number of pyridine rings is 1. The van der Waals surface area contributed by atoms with E-state index in [4.69, 9.17) is 21.1 Å². The molecule has 2 aromatic carbocycles. The van der Waals surface area contributed by atoms with E-state index in [1.54, 1.807) is 60.9 Å². The van der Waals surface area contributed by atoms with Crippen LogP contribution in [0.25, 0.3) is 0 Å². The third-order valence-corrected chi connectivity index (χ3v) is 4.44. The van der Waals surface area contributed by atoms with Gasteiger partial charge in [0.05, 0.1) is 12.1 Å². The Morgan fingerprint density at radius 2 is 1.74 bits per heavy atom. The summed E-state index contributed by atoms with van der Waals surface area (Å²) in [4.78, 5) is 28.7. The molecule has 0 saturated heterocycles. The maximum absolute atomic E-state index is 12.7. The molecule has 0 unspecified atom stereocenters. The molecule has 3 rings (SSSR count). The van der Waals surface area contributed by atoms with Crippen molar-refractivity contribution in [3.63, 3.8) is 0 Å². The Balaban J connectivity index is 1.49. The first kappa shape index (κ1) is 22.1. The molecule has 8 heteroatoms. The number of hydrogen-bond acceptors (Lipinski definition) is 5. The molecule has 0 bridgehead atoms. The van der Waals surface area contributed by atoms with Gasteiger partial charge in [0.2, 0.25) is 0 Å². The highest BCUT2D eigenvalue weighted by molar-refractivity contribution is 6.30. The number of ether oxygens (including phenoxy) is 2. The molecule has 31 heavy (non-hydrogen) atoms. The van der Waals surface area contributed by atoms with Crippen LogP contribution in [0.4, 0.5) is 5.69 Å². The van der Waals surface area contributed by atoms with Gasteiger partial charge in [0, 0.05) is 23.1 Å². The number of nitrogens with one attached hydrogen (secondary N) is 2. The lowest BCUT2D eigenvalue weighted by Crippen LogP contribution is -2.32. The van der Waals surface area contributed by atoms with E-state index in [-0.39, 0.29) is 18.4 Å². The Bertz CT molecular complexity index is 1030. The summed E-state index contributed by atoms with van der Waals surface area (Å²) in [6.07, 6.45) is 3.18. The fourth-order valence-corrected chi connectivity index (χ4v) is 2.79. The molecule has 0 spiro atoms. The van der Waals surface area contributed by atoms with Gasteiger partial charge in [0.25, 0.3) is 11.8 Å². The summed E-state index contributed by atoms with van der Waals surface area (Å²) in [7, 11) is 0. The average molecular weight is 440 g/mol. The van der Waals surface area contributed by atoms with Gasteiger partial charge >= 0.3 is 0 Å². The molecule has 0 atom stereocenters. The minimum atomic E-state index is -0.332. The van der Waals surface area contributed by atoms with E-state index in [1.807, 2.05) is 13.0 Å². The second kappa shape index (κ2) is 11.0. The molecule has 0 radical (unpaired) electrons. The van der Waals surface area contributed by atoms with E-state index in [2.05, 4.69) is 15.6 Å². The largest absolute Gasteiger partial charge is 0.492 e. The molecule has 160 valence electrons. The van der Waals surface area contributed by atoms with E-state index in [0.29, 0.717) is 40.9 Å². The monoisotopic (exact) mass is 439 g/mol. The normalized spacial score (nSPS) is 10.3. The Hall–Kier alpha value is -3.58. The van der Waals surface area contributed by atoms with Crippen LogP contribution >= 0.6 is 11.6 Å². The van der Waals surface area contributed by atoms with Crippen LogP contribution in [0.15, 0.2) is 67.0 Å². The van der Waals surface area contributed by atoms with Gasteiger partial charge in [-0.15, -0.1) is 0 Å². The van der Waals surface area contributed by atoms with Crippen LogP contribution in [-0.4, -0.2) is 36.6 Å². The third-order valence-electron chi connectivity index (χ3n) is 4.18. The minimum Gasteiger partial charge on any atom is -0.492 e. The minimum absolute atomic E-state index is 0.223. The fourth-order valence-electron chi connectivity index (χ4n) is 2.67. The summed E-state index contributed by atoms with van der Waals surface area (Å²) in [6, 6.07) is 15.5. The molecule has 0 fully saturated rings. The lowest BCUT2D eigenvalue weighted by atomic mass is 10.1. The molecule has 1 aromatic heterocycles. The SMILES string of the molecule is Cc1ccc(OCC(=O)NCCOc2ccc(Cl)cc2)c(C(=O)Nc2ccncc2)c1. The first-order valence-electron chi connectivity index (χ1n) is 9.61. The summed E-state index contributed by atoms with van der Waals surface area (Å²) in [6.45, 7) is 2.27. The van der Waals surface area contributed by atoms with Gasteiger partial charge < -0.3 is 20.1 Å². The average Bonchev–Trinajstić information content (AvgIpc) is 2.77. The van der Waals surface area contributed by atoms with Crippen LogP contribution in [0.3, 0.4) is 0 Å². The number of amides is 2. The number of halogens is 1. The first-order valence-corrected chi connectivity index (χ1v) is 9.99. The number of anilines is 1. The highest BCUT2D eigenvalue weighted by Gasteiger charge is 2.14. The summed E-state index contributed by atoms with van der Waals surface area (Å²) >= 11 is 5.83. The quantitative estimate of drug-likeness (QED) is 0.494. The predicted octanol–water partition coefficient (Wildman–Crippen LogP) is 3.87. The van der Waals surface area contributed by atoms with Crippen LogP contribution in [0, 0.1) is 6.92 Å². The molecule has 0 aliphatic carbocycles. The van der Waals surface area contributed by atoms with E-state index in [9.17, 15) is 9.59 Å². The second-order valence-corrected chi connectivity index (χ2v) is 7.07. The maximum Gasteiger partial charge on any atom is 0.259 e. The summed E-state index contributed by atoms with van der Waals surface area (Å²) in [5, 5.41) is 6.13. The molecule has 1 heterocycles. The summed E-state index contributed by atoms with van der Waals surface area (Å²) in [5.74, 6) is 0.339. The number of carbonyl (C=O) groups excluding carboxylic acids is 2. The lowest BCUT2D eigenvalue weighted by molar-refractivity contribution is -0.123. The standard InChI is InChI=1S/C23H22ClN3O4/c1-16-2-7-21(20(14-16)23(29)27-18-8-10-25-11-9-18)31-15-22(28)26-12-13-30-19-5-3-17(24)4-6-19/h2-11,14H,12-13,15H2,1H3,(H,26,28)(H,25,27,29). The number of carbonyl (C=O) groups is 2. The van der Waals surface area contributed by atoms with Gasteiger partial charge in [-0.1, -0.05) is 23.2 Å². The second-order valence-electron chi connectivity index (χ2n) is 6.63. The van der Waals surface area contributed by atoms with Crippen molar-refractivity contribution in [2.24, 2.45) is 0 Å². The smallest absolute Gasteiger partial charge is 0.259 e. The number of aromatic nitrogens is 1. The van der Waals surface area contributed by atoms with Crippen molar-refractivity contribution in [2.75, 3.05) is 25.1 Å². The van der Waals surface area contributed by atoms with Crippen molar-refractivity contribution in [3.8, 4) is 11.5 Å². The van der Waals surface area contributed by atoms with Crippen molar-refractivity contribution < 1.29 is 19.1 Å². The Morgan fingerprint density at radius 3 is 2.48 bits per heavy atom. The number of aryl methyl sites for hydroxylation is 1. The van der Waals surface area contributed by atoms with Crippen LogP contribution in [0.5, 0.6) is 11.5 Å². The zero-order chi connectivity index (χ0) is 22.1. The first-order chi connectivity index (χ1) is 15.0. The molecule has 2 N–H and O–H groups in total. The van der Waals surface area contributed by atoms with Gasteiger partial charge in [-0.05, 0) is 55.5 Å². The zero-order valence-corrected chi connectivity index (χ0v) is 17.7. The fraction of sp³-hybridized carbons (Fsp3) is 0.174. The van der Waals surface area contributed by atoms with Crippen LogP contribution in [-0.2, 0) is 4.79 Å². The summed E-state index contributed by atoms with van der Waals surface area (Å²) < 4.78 is 11.1. The van der Waals surface area contributed by atoms with Crippen molar-refractivity contribution in [1.82, 2.24) is 10.3 Å². The van der Waals surface area contributed by atoms with Gasteiger partial charge in [-0.3, -0.25) is 14.6 Å². The third kappa shape index (κ3) is 7.01. The molecule has 0 aliphatic heterocycles. The van der Waals surface area contributed by atoms with Crippen LogP contribution in [0.2, 0.25) is 5.02 Å². The van der Waals surface area contributed by atoms with Crippen molar-refractivity contribution in [2.45, 2.75) is 6.92 Å². The Labute approximate surface area is 185 Å². The highest BCUT2D eigenvalue weighted by Crippen LogP contribution is 2.21. The van der Waals surface area contributed by atoms with Crippen molar-refractivity contribution >= 4 is 29.1 Å². The predicted molar refractivity (Wildman–Crippen MR) is 119 cm³/mol.